The normalized spacial score (nSPS) is 14.4. The van der Waals surface area contributed by atoms with E-state index in [0.717, 1.165) is 18.6 Å². The number of benzene rings is 1. The lowest BCUT2D eigenvalue weighted by molar-refractivity contribution is -0.399. The molecule has 131 valence electrons. The molecule has 0 aliphatic carbocycles. The molecule has 0 aromatic heterocycles. The number of halogens is 9. The largest absolute Gasteiger partial charge is 0.460 e. The third kappa shape index (κ3) is 3.28. The van der Waals surface area contributed by atoms with Crippen molar-refractivity contribution in [3.63, 3.8) is 0 Å². The average molecular weight is 351 g/mol. The molecule has 1 aromatic carbocycles. The third-order valence-corrected chi connectivity index (χ3v) is 2.96. The van der Waals surface area contributed by atoms with Crippen molar-refractivity contribution in [3.8, 4) is 0 Å². The van der Waals surface area contributed by atoms with Gasteiger partial charge in [0.25, 0.3) is 0 Å². The third-order valence-electron chi connectivity index (χ3n) is 2.96. The Hall–Kier alpha value is -1.41. The first-order valence-electron chi connectivity index (χ1n) is 6.30. The Balaban J connectivity index is 3.47. The van der Waals surface area contributed by atoms with Crippen molar-refractivity contribution < 1.29 is 39.5 Å². The molecule has 9 heteroatoms. The Kier molecular flexibility index (Phi) is 5.04. The molecule has 1 rings (SSSR count). The summed E-state index contributed by atoms with van der Waals surface area (Å²) in [6.07, 6.45) is -5.76. The lowest BCUT2D eigenvalue weighted by Crippen LogP contribution is -2.59. The molecule has 0 bridgehead atoms. The first-order chi connectivity index (χ1) is 10.2. The fourth-order valence-corrected chi connectivity index (χ4v) is 1.83. The Labute approximate surface area is 126 Å². The fraction of sp³-hybridized carbons (Fsp3) is 0.500. The van der Waals surface area contributed by atoms with Crippen molar-refractivity contribution in [1.82, 2.24) is 0 Å². The van der Waals surface area contributed by atoms with E-state index in [0.29, 0.717) is 6.07 Å². The van der Waals surface area contributed by atoms with Crippen LogP contribution in [-0.4, -0.2) is 18.0 Å². The maximum absolute atomic E-state index is 13.9. The first kappa shape index (κ1) is 19.6. The van der Waals surface area contributed by atoms with Crippen LogP contribution < -0.4 is 0 Å². The Morgan fingerprint density at radius 3 is 1.70 bits per heavy atom. The second kappa shape index (κ2) is 5.90. The SMILES string of the molecule is CC(C)[CH]c1ccccc1C(F)(F)C(F)(F)C(F)(F)C(F)(F)F. The van der Waals surface area contributed by atoms with Gasteiger partial charge in [-0.05, 0) is 17.9 Å². The van der Waals surface area contributed by atoms with Crippen LogP contribution in [-0.2, 0) is 5.92 Å². The van der Waals surface area contributed by atoms with Gasteiger partial charge in [-0.3, -0.25) is 0 Å². The summed E-state index contributed by atoms with van der Waals surface area (Å²) in [6.45, 7) is 2.99. The minimum atomic E-state index is -6.89. The van der Waals surface area contributed by atoms with Crippen molar-refractivity contribution in [2.45, 2.75) is 37.8 Å². The van der Waals surface area contributed by atoms with Gasteiger partial charge in [-0.15, -0.1) is 0 Å². The summed E-state index contributed by atoms with van der Waals surface area (Å²) in [7, 11) is 0. The summed E-state index contributed by atoms with van der Waals surface area (Å²) < 4.78 is 117. The monoisotopic (exact) mass is 351 g/mol. The van der Waals surface area contributed by atoms with E-state index in [4.69, 9.17) is 0 Å². The molecular formula is C14H12F9. The molecule has 23 heavy (non-hydrogen) atoms. The minimum Gasteiger partial charge on any atom is -0.194 e. The van der Waals surface area contributed by atoms with E-state index in [1.807, 2.05) is 0 Å². The Morgan fingerprint density at radius 1 is 0.783 bits per heavy atom. The van der Waals surface area contributed by atoms with Crippen molar-refractivity contribution in [1.29, 1.82) is 0 Å². The molecule has 0 spiro atoms. The molecule has 0 atom stereocenters. The van der Waals surface area contributed by atoms with E-state index in [9.17, 15) is 39.5 Å². The molecular weight excluding hydrogens is 339 g/mol. The maximum Gasteiger partial charge on any atom is 0.460 e. The lowest BCUT2D eigenvalue weighted by Gasteiger charge is -2.34. The van der Waals surface area contributed by atoms with Gasteiger partial charge in [-0.2, -0.15) is 39.5 Å². The molecule has 0 N–H and O–H groups in total. The van der Waals surface area contributed by atoms with E-state index in [2.05, 4.69) is 0 Å². The predicted octanol–water partition coefficient (Wildman–Crippen LogP) is 5.82. The van der Waals surface area contributed by atoms with Gasteiger partial charge in [0, 0.05) is 5.56 Å². The van der Waals surface area contributed by atoms with E-state index in [1.54, 1.807) is 0 Å². The van der Waals surface area contributed by atoms with Crippen LogP contribution in [0.2, 0.25) is 0 Å². The summed E-state index contributed by atoms with van der Waals surface area (Å²) in [5, 5.41) is 0. The molecule has 1 aromatic rings. The van der Waals surface area contributed by atoms with Crippen LogP contribution in [0.25, 0.3) is 0 Å². The number of rotatable bonds is 5. The molecule has 0 aliphatic rings. The molecule has 0 amide bonds. The van der Waals surface area contributed by atoms with Crippen LogP contribution in [0.5, 0.6) is 0 Å². The highest BCUT2D eigenvalue weighted by Gasteiger charge is 2.82. The van der Waals surface area contributed by atoms with Crippen molar-refractivity contribution >= 4 is 0 Å². The second-order valence-corrected chi connectivity index (χ2v) is 5.22. The molecule has 0 aliphatic heterocycles. The van der Waals surface area contributed by atoms with E-state index in [1.165, 1.54) is 19.9 Å². The summed E-state index contributed by atoms with van der Waals surface area (Å²) in [5.74, 6) is -19.7. The standard InChI is InChI=1S/C14H12F9/c1-8(2)7-9-5-3-4-6-10(9)11(15,16)12(17,18)13(19,20)14(21,22)23/h3-8H,1-2H3. The maximum atomic E-state index is 13.9. The van der Waals surface area contributed by atoms with Crippen LogP contribution in [0.1, 0.15) is 25.0 Å². The summed E-state index contributed by atoms with van der Waals surface area (Å²) >= 11 is 0. The zero-order valence-corrected chi connectivity index (χ0v) is 11.9. The smallest absolute Gasteiger partial charge is 0.194 e. The quantitative estimate of drug-likeness (QED) is 0.587. The van der Waals surface area contributed by atoms with Gasteiger partial charge in [0.1, 0.15) is 0 Å². The zero-order chi connectivity index (χ0) is 18.3. The van der Waals surface area contributed by atoms with Gasteiger partial charge in [0.2, 0.25) is 0 Å². The van der Waals surface area contributed by atoms with Gasteiger partial charge in [-0.25, -0.2) is 0 Å². The number of hydrogen-bond acceptors (Lipinski definition) is 0. The molecule has 0 nitrogen and oxygen atoms in total. The van der Waals surface area contributed by atoms with Gasteiger partial charge in [0.15, 0.2) is 0 Å². The zero-order valence-electron chi connectivity index (χ0n) is 11.9. The van der Waals surface area contributed by atoms with E-state index in [-0.39, 0.29) is 0 Å². The molecule has 0 saturated carbocycles. The lowest BCUT2D eigenvalue weighted by atomic mass is 9.89. The average Bonchev–Trinajstić information content (AvgIpc) is 2.36. The van der Waals surface area contributed by atoms with Crippen molar-refractivity contribution in [2.24, 2.45) is 5.92 Å². The minimum absolute atomic E-state index is 0.397. The van der Waals surface area contributed by atoms with Crippen LogP contribution >= 0.6 is 0 Å². The van der Waals surface area contributed by atoms with Gasteiger partial charge < -0.3 is 0 Å². The van der Waals surface area contributed by atoms with Crippen molar-refractivity contribution in [3.05, 3.63) is 41.8 Å². The van der Waals surface area contributed by atoms with Gasteiger partial charge in [0.05, 0.1) is 0 Å². The molecule has 0 unspecified atom stereocenters. The topological polar surface area (TPSA) is 0 Å². The molecule has 0 heterocycles. The van der Waals surface area contributed by atoms with Crippen molar-refractivity contribution in [2.75, 3.05) is 0 Å². The highest BCUT2D eigenvalue weighted by Crippen LogP contribution is 2.57. The van der Waals surface area contributed by atoms with E-state index >= 15 is 0 Å². The van der Waals surface area contributed by atoms with Gasteiger partial charge >= 0.3 is 23.9 Å². The number of alkyl halides is 9. The highest BCUT2D eigenvalue weighted by atomic mass is 19.4. The molecule has 0 fully saturated rings. The Morgan fingerprint density at radius 2 is 1.26 bits per heavy atom. The summed E-state index contributed by atoms with van der Waals surface area (Å²) in [6, 6.07) is 3.36. The molecule has 0 saturated heterocycles. The fourth-order valence-electron chi connectivity index (χ4n) is 1.83. The summed E-state index contributed by atoms with van der Waals surface area (Å²) in [4.78, 5) is 0. The van der Waals surface area contributed by atoms with E-state index < -0.39 is 41.0 Å². The van der Waals surface area contributed by atoms with Crippen LogP contribution in [0.3, 0.4) is 0 Å². The molecule has 1 radical (unpaired) electrons. The van der Waals surface area contributed by atoms with Crippen LogP contribution in [0.4, 0.5) is 39.5 Å². The number of hydrogen-bond donors (Lipinski definition) is 0. The van der Waals surface area contributed by atoms with Crippen LogP contribution in [0.15, 0.2) is 24.3 Å². The predicted molar refractivity (Wildman–Crippen MR) is 64.5 cm³/mol. The highest BCUT2D eigenvalue weighted by molar-refractivity contribution is 5.38. The summed E-state index contributed by atoms with van der Waals surface area (Å²) in [5.41, 5.74) is -2.13. The van der Waals surface area contributed by atoms with Gasteiger partial charge in [-0.1, -0.05) is 38.1 Å². The Bertz CT molecular complexity index is 543. The van der Waals surface area contributed by atoms with Crippen LogP contribution in [0, 0.1) is 12.3 Å². The first-order valence-corrected chi connectivity index (χ1v) is 6.30. The second-order valence-electron chi connectivity index (χ2n) is 5.22.